The highest BCUT2D eigenvalue weighted by Crippen LogP contribution is 2.26. The van der Waals surface area contributed by atoms with Crippen molar-refractivity contribution in [2.45, 2.75) is 51.2 Å². The molecule has 1 rings (SSSR count). The van der Waals surface area contributed by atoms with E-state index >= 15 is 0 Å². The number of nitrogens with two attached hydrogens (primary N) is 1. The van der Waals surface area contributed by atoms with E-state index in [0.29, 0.717) is 12.5 Å². The van der Waals surface area contributed by atoms with Crippen LogP contribution in [0.4, 0.5) is 0 Å². The monoisotopic (exact) mass is 229 g/mol. The van der Waals surface area contributed by atoms with E-state index in [1.54, 1.807) is 7.11 Å². The van der Waals surface area contributed by atoms with Gasteiger partial charge in [0.05, 0.1) is 12.5 Å². The zero-order valence-electron chi connectivity index (χ0n) is 10.3. The third-order valence-electron chi connectivity index (χ3n) is 3.18. The van der Waals surface area contributed by atoms with Gasteiger partial charge in [0.25, 0.3) is 0 Å². The summed E-state index contributed by atoms with van der Waals surface area (Å²) in [5.74, 6) is 0.482. The summed E-state index contributed by atoms with van der Waals surface area (Å²) in [4.78, 5) is 11.6. The van der Waals surface area contributed by atoms with Crippen molar-refractivity contribution in [2.24, 2.45) is 11.7 Å². The summed E-state index contributed by atoms with van der Waals surface area (Å²) in [6.07, 6.45) is 4.54. The van der Waals surface area contributed by atoms with E-state index in [2.05, 4.69) is 6.92 Å². The maximum absolute atomic E-state index is 11.6. The Morgan fingerprint density at radius 3 is 2.81 bits per heavy atom. The predicted octanol–water partition coefficient (Wildman–Crippen LogP) is 1.47. The van der Waals surface area contributed by atoms with Crippen LogP contribution in [0.15, 0.2) is 0 Å². The number of carbonyl (C=O) groups is 1. The molecule has 0 radical (unpaired) electrons. The number of hydrogen-bond donors (Lipinski definition) is 1. The molecule has 0 aromatic carbocycles. The van der Waals surface area contributed by atoms with Crippen molar-refractivity contribution in [1.29, 1.82) is 0 Å². The maximum atomic E-state index is 11.6. The van der Waals surface area contributed by atoms with Gasteiger partial charge in [-0.05, 0) is 25.2 Å². The second-order valence-corrected chi connectivity index (χ2v) is 4.68. The third kappa shape index (κ3) is 4.49. The normalized spacial score (nSPS) is 27.4. The van der Waals surface area contributed by atoms with Gasteiger partial charge in [0, 0.05) is 13.7 Å². The molecule has 0 bridgehead atoms. The molecule has 4 nitrogen and oxygen atoms in total. The number of carbonyl (C=O) groups excluding carboxylic acids is 1. The highest BCUT2D eigenvalue weighted by Gasteiger charge is 2.23. The van der Waals surface area contributed by atoms with E-state index in [4.69, 9.17) is 15.2 Å². The molecule has 1 aliphatic carbocycles. The molecule has 0 aromatic rings. The quantitative estimate of drug-likeness (QED) is 0.725. The Balaban J connectivity index is 2.27. The van der Waals surface area contributed by atoms with Gasteiger partial charge >= 0.3 is 5.97 Å². The number of ether oxygens (including phenoxy) is 2. The fourth-order valence-electron chi connectivity index (χ4n) is 2.17. The SMILES string of the molecule is COC(CN)CC(=O)OC1CCCC(C)C1. The summed E-state index contributed by atoms with van der Waals surface area (Å²) in [7, 11) is 1.56. The Hall–Kier alpha value is -0.610. The van der Waals surface area contributed by atoms with E-state index in [0.717, 1.165) is 19.3 Å². The van der Waals surface area contributed by atoms with Crippen LogP contribution in [-0.4, -0.2) is 31.8 Å². The van der Waals surface area contributed by atoms with Crippen molar-refractivity contribution < 1.29 is 14.3 Å². The second-order valence-electron chi connectivity index (χ2n) is 4.68. The summed E-state index contributed by atoms with van der Waals surface area (Å²) in [5, 5.41) is 0. The predicted molar refractivity (Wildman–Crippen MR) is 62.0 cm³/mol. The molecule has 0 spiro atoms. The van der Waals surface area contributed by atoms with Crippen molar-refractivity contribution in [1.82, 2.24) is 0 Å². The van der Waals surface area contributed by atoms with Gasteiger partial charge in [-0.1, -0.05) is 13.3 Å². The standard InChI is InChI=1S/C12H23NO3/c1-9-4-3-5-10(6-9)16-12(14)7-11(8-13)15-2/h9-11H,3-8,13H2,1-2H3. The second kappa shape index (κ2) is 6.86. The van der Waals surface area contributed by atoms with E-state index in [1.807, 2.05) is 0 Å². The van der Waals surface area contributed by atoms with Crippen molar-refractivity contribution in [3.8, 4) is 0 Å². The fraction of sp³-hybridized carbons (Fsp3) is 0.917. The van der Waals surface area contributed by atoms with Gasteiger partial charge in [0.15, 0.2) is 0 Å². The largest absolute Gasteiger partial charge is 0.462 e. The van der Waals surface area contributed by atoms with E-state index in [1.165, 1.54) is 6.42 Å². The molecule has 0 aliphatic heterocycles. The van der Waals surface area contributed by atoms with E-state index in [-0.39, 0.29) is 24.6 Å². The summed E-state index contributed by atoms with van der Waals surface area (Å²) in [5.41, 5.74) is 5.45. The first-order valence-electron chi connectivity index (χ1n) is 6.08. The first-order chi connectivity index (χ1) is 7.65. The smallest absolute Gasteiger partial charge is 0.308 e. The average Bonchev–Trinajstić information content (AvgIpc) is 2.26. The Morgan fingerprint density at radius 1 is 1.50 bits per heavy atom. The summed E-state index contributed by atoms with van der Waals surface area (Å²) < 4.78 is 10.5. The Bertz CT molecular complexity index is 216. The van der Waals surface area contributed by atoms with Crippen LogP contribution in [0, 0.1) is 5.92 Å². The molecular weight excluding hydrogens is 206 g/mol. The van der Waals surface area contributed by atoms with Gasteiger partial charge in [-0.25, -0.2) is 0 Å². The van der Waals surface area contributed by atoms with Crippen LogP contribution in [0.25, 0.3) is 0 Å². The molecule has 2 N–H and O–H groups in total. The summed E-state index contributed by atoms with van der Waals surface area (Å²) >= 11 is 0. The molecule has 3 unspecified atom stereocenters. The minimum atomic E-state index is -0.214. The molecule has 1 saturated carbocycles. The number of hydrogen-bond acceptors (Lipinski definition) is 4. The lowest BCUT2D eigenvalue weighted by atomic mass is 9.89. The first-order valence-corrected chi connectivity index (χ1v) is 6.08. The molecule has 16 heavy (non-hydrogen) atoms. The van der Waals surface area contributed by atoms with Gasteiger partial charge < -0.3 is 15.2 Å². The van der Waals surface area contributed by atoms with Crippen molar-refractivity contribution in [3.05, 3.63) is 0 Å². The van der Waals surface area contributed by atoms with E-state index < -0.39 is 0 Å². The highest BCUT2D eigenvalue weighted by molar-refractivity contribution is 5.70. The zero-order valence-corrected chi connectivity index (χ0v) is 10.3. The van der Waals surface area contributed by atoms with Crippen LogP contribution in [0.5, 0.6) is 0 Å². The molecule has 94 valence electrons. The van der Waals surface area contributed by atoms with Crippen LogP contribution in [0.3, 0.4) is 0 Å². The lowest BCUT2D eigenvalue weighted by Gasteiger charge is -2.27. The lowest BCUT2D eigenvalue weighted by Crippen LogP contribution is -2.30. The van der Waals surface area contributed by atoms with Gasteiger partial charge in [-0.15, -0.1) is 0 Å². The minimum absolute atomic E-state index is 0.103. The van der Waals surface area contributed by atoms with Crippen LogP contribution in [-0.2, 0) is 14.3 Å². The van der Waals surface area contributed by atoms with Crippen molar-refractivity contribution in [2.75, 3.05) is 13.7 Å². The molecule has 0 saturated heterocycles. The van der Waals surface area contributed by atoms with Crippen LogP contribution < -0.4 is 5.73 Å². The van der Waals surface area contributed by atoms with Gasteiger partial charge in [-0.3, -0.25) is 4.79 Å². The Labute approximate surface area is 97.5 Å². The molecular formula is C12H23NO3. The zero-order chi connectivity index (χ0) is 12.0. The maximum Gasteiger partial charge on any atom is 0.308 e. The number of esters is 1. The number of methoxy groups -OCH3 is 1. The number of rotatable bonds is 5. The molecule has 1 fully saturated rings. The molecule has 1 aliphatic rings. The summed E-state index contributed by atoms with van der Waals surface area (Å²) in [6, 6.07) is 0. The van der Waals surface area contributed by atoms with Crippen molar-refractivity contribution in [3.63, 3.8) is 0 Å². The molecule has 4 heteroatoms. The minimum Gasteiger partial charge on any atom is -0.462 e. The summed E-state index contributed by atoms with van der Waals surface area (Å²) in [6.45, 7) is 2.56. The van der Waals surface area contributed by atoms with E-state index in [9.17, 15) is 4.79 Å². The van der Waals surface area contributed by atoms with Gasteiger partial charge in [0.1, 0.15) is 6.10 Å². The fourth-order valence-corrected chi connectivity index (χ4v) is 2.17. The lowest BCUT2D eigenvalue weighted by molar-refractivity contribution is -0.153. The topological polar surface area (TPSA) is 61.5 Å². The van der Waals surface area contributed by atoms with Crippen LogP contribution >= 0.6 is 0 Å². The van der Waals surface area contributed by atoms with Gasteiger partial charge in [0.2, 0.25) is 0 Å². The Morgan fingerprint density at radius 2 is 2.25 bits per heavy atom. The van der Waals surface area contributed by atoms with Crippen LogP contribution in [0.1, 0.15) is 39.0 Å². The van der Waals surface area contributed by atoms with Crippen LogP contribution in [0.2, 0.25) is 0 Å². The average molecular weight is 229 g/mol. The Kier molecular flexibility index (Phi) is 5.77. The molecule has 0 amide bonds. The van der Waals surface area contributed by atoms with Crippen molar-refractivity contribution >= 4 is 5.97 Å². The van der Waals surface area contributed by atoms with Gasteiger partial charge in [-0.2, -0.15) is 0 Å². The highest BCUT2D eigenvalue weighted by atomic mass is 16.5. The first kappa shape index (κ1) is 13.5. The third-order valence-corrected chi connectivity index (χ3v) is 3.18. The molecule has 3 atom stereocenters. The molecule has 0 heterocycles. The molecule has 0 aromatic heterocycles.